The maximum atomic E-state index is 13.1. The van der Waals surface area contributed by atoms with Crippen molar-refractivity contribution in [1.82, 2.24) is 19.4 Å². The monoisotopic (exact) mass is 392 g/mol. The molecule has 2 aliphatic heterocycles. The van der Waals surface area contributed by atoms with Gasteiger partial charge in [0.1, 0.15) is 5.69 Å². The second-order valence-corrected chi connectivity index (χ2v) is 8.08. The van der Waals surface area contributed by atoms with Gasteiger partial charge < -0.3 is 14.4 Å². The number of hydrogen-bond donors (Lipinski definition) is 0. The van der Waals surface area contributed by atoms with Crippen molar-refractivity contribution in [3.63, 3.8) is 0 Å². The molecule has 142 valence electrons. The molecule has 0 saturated carbocycles. The first kappa shape index (κ1) is 17.2. The van der Waals surface area contributed by atoms with Crippen molar-refractivity contribution in [3.05, 3.63) is 76.5 Å². The number of likely N-dealkylation sites (tertiary alicyclic amines) is 1. The maximum absolute atomic E-state index is 13.1. The molecular weight excluding hydrogens is 372 g/mol. The third kappa shape index (κ3) is 2.92. The lowest BCUT2D eigenvalue weighted by molar-refractivity contribution is -0.129. The zero-order chi connectivity index (χ0) is 19.1. The van der Waals surface area contributed by atoms with Gasteiger partial charge in [-0.25, -0.2) is 0 Å². The van der Waals surface area contributed by atoms with Gasteiger partial charge in [-0.15, -0.1) is 0 Å². The molecule has 0 unspecified atom stereocenters. The molecule has 0 N–H and O–H groups in total. The fourth-order valence-corrected chi connectivity index (χ4v) is 4.92. The second-order valence-electron chi connectivity index (χ2n) is 7.30. The van der Waals surface area contributed by atoms with Crippen LogP contribution < -0.4 is 0 Å². The summed E-state index contributed by atoms with van der Waals surface area (Å²) in [6, 6.07) is 11.5. The maximum Gasteiger partial charge on any atom is 0.271 e. The summed E-state index contributed by atoms with van der Waals surface area (Å²) < 4.78 is 2.04. The molecule has 2 amide bonds. The minimum absolute atomic E-state index is 0.00374. The average Bonchev–Trinajstić information content (AvgIpc) is 3.45. The highest BCUT2D eigenvalue weighted by Gasteiger charge is 2.46. The highest BCUT2D eigenvalue weighted by molar-refractivity contribution is 7.08. The van der Waals surface area contributed by atoms with Crippen molar-refractivity contribution in [2.75, 3.05) is 13.1 Å². The molecule has 28 heavy (non-hydrogen) atoms. The van der Waals surface area contributed by atoms with E-state index in [1.165, 1.54) is 0 Å². The minimum Gasteiger partial charge on any atom is -0.338 e. The smallest absolute Gasteiger partial charge is 0.271 e. The summed E-state index contributed by atoms with van der Waals surface area (Å²) in [5.74, 6) is 0.121. The third-order valence-electron chi connectivity index (χ3n) is 5.62. The Hall–Kier alpha value is -2.93. The Morgan fingerprint density at radius 2 is 2.04 bits per heavy atom. The van der Waals surface area contributed by atoms with Crippen molar-refractivity contribution in [3.8, 4) is 0 Å². The Bertz CT molecular complexity index is 999. The Balaban J connectivity index is 1.42. The highest BCUT2D eigenvalue weighted by atomic mass is 32.1. The van der Waals surface area contributed by atoms with Crippen LogP contribution in [-0.4, -0.2) is 50.3 Å². The summed E-state index contributed by atoms with van der Waals surface area (Å²) in [4.78, 5) is 34.2. The fourth-order valence-electron chi connectivity index (χ4n) is 4.25. The van der Waals surface area contributed by atoms with Gasteiger partial charge in [0.05, 0.1) is 30.7 Å². The van der Waals surface area contributed by atoms with Crippen LogP contribution in [0.25, 0.3) is 0 Å². The quantitative estimate of drug-likeness (QED) is 0.686. The van der Waals surface area contributed by atoms with Gasteiger partial charge in [-0.3, -0.25) is 14.6 Å². The number of carbonyl (C=O) groups excluding carboxylic acids is 2. The van der Waals surface area contributed by atoms with E-state index in [2.05, 4.69) is 4.98 Å². The van der Waals surface area contributed by atoms with Gasteiger partial charge in [0, 0.05) is 25.5 Å². The molecule has 3 aromatic heterocycles. The molecule has 0 aromatic carbocycles. The molecule has 0 spiro atoms. The van der Waals surface area contributed by atoms with E-state index in [4.69, 9.17) is 0 Å². The van der Waals surface area contributed by atoms with Gasteiger partial charge >= 0.3 is 0 Å². The van der Waals surface area contributed by atoms with E-state index in [0.717, 1.165) is 11.3 Å². The van der Waals surface area contributed by atoms with E-state index in [1.807, 2.05) is 67.7 Å². The summed E-state index contributed by atoms with van der Waals surface area (Å²) in [6.07, 6.45) is 4.11. The van der Waals surface area contributed by atoms with Gasteiger partial charge in [-0.05, 0) is 46.7 Å². The molecule has 2 aliphatic rings. The van der Waals surface area contributed by atoms with Crippen molar-refractivity contribution in [1.29, 1.82) is 0 Å². The molecule has 2 atom stereocenters. The van der Waals surface area contributed by atoms with Gasteiger partial charge in [0.15, 0.2) is 0 Å². The molecule has 1 saturated heterocycles. The number of nitrogens with zero attached hydrogens (tertiary/aromatic N) is 4. The number of aromatic nitrogens is 2. The second kappa shape index (κ2) is 6.91. The third-order valence-corrected chi connectivity index (χ3v) is 6.35. The molecule has 0 aliphatic carbocycles. The van der Waals surface area contributed by atoms with E-state index >= 15 is 0 Å². The number of pyridine rings is 1. The molecule has 7 heteroatoms. The predicted molar refractivity (Wildman–Crippen MR) is 106 cm³/mol. The summed E-state index contributed by atoms with van der Waals surface area (Å²) in [7, 11) is 0. The number of hydrogen-bond acceptors (Lipinski definition) is 4. The summed E-state index contributed by atoms with van der Waals surface area (Å²) in [6.45, 7) is 1.64. The lowest BCUT2D eigenvalue weighted by atomic mass is 10.1. The molecule has 0 bridgehead atoms. The van der Waals surface area contributed by atoms with E-state index < -0.39 is 0 Å². The van der Waals surface area contributed by atoms with E-state index in [0.29, 0.717) is 31.7 Å². The van der Waals surface area contributed by atoms with Crippen molar-refractivity contribution in [2.24, 2.45) is 0 Å². The van der Waals surface area contributed by atoms with Crippen LogP contribution in [-0.2, 0) is 17.8 Å². The van der Waals surface area contributed by atoms with E-state index in [9.17, 15) is 9.59 Å². The SMILES string of the molecule is O=C(Cc1ccsc1)N1C[C@H]2[C@H](C1)n1cccc1C(=O)N2Cc1ccccn1. The van der Waals surface area contributed by atoms with Gasteiger partial charge in [-0.2, -0.15) is 11.3 Å². The van der Waals surface area contributed by atoms with Crippen LogP contribution in [0.15, 0.2) is 59.6 Å². The molecule has 5 heterocycles. The number of amides is 2. The molecule has 6 nitrogen and oxygen atoms in total. The van der Waals surface area contributed by atoms with Crippen LogP contribution in [0.2, 0.25) is 0 Å². The topological polar surface area (TPSA) is 58.4 Å². The van der Waals surface area contributed by atoms with Crippen LogP contribution in [0.5, 0.6) is 0 Å². The average molecular weight is 392 g/mol. The minimum atomic E-state index is -0.0409. The van der Waals surface area contributed by atoms with Gasteiger partial charge in [0.25, 0.3) is 5.91 Å². The summed E-state index contributed by atoms with van der Waals surface area (Å²) >= 11 is 1.60. The number of rotatable bonds is 4. The zero-order valence-corrected chi connectivity index (χ0v) is 16.1. The first-order valence-electron chi connectivity index (χ1n) is 9.37. The number of thiophene rings is 1. The largest absolute Gasteiger partial charge is 0.338 e. The van der Waals surface area contributed by atoms with Crippen molar-refractivity contribution in [2.45, 2.75) is 25.0 Å². The molecule has 0 radical (unpaired) electrons. The predicted octanol–water partition coefficient (Wildman–Crippen LogP) is 2.60. The number of carbonyl (C=O) groups is 2. The molecule has 3 aromatic rings. The van der Waals surface area contributed by atoms with E-state index in [1.54, 1.807) is 17.5 Å². The molecule has 1 fully saturated rings. The van der Waals surface area contributed by atoms with Crippen LogP contribution in [0, 0.1) is 0 Å². The molecular formula is C21H20N4O2S. The van der Waals surface area contributed by atoms with E-state index in [-0.39, 0.29) is 23.9 Å². The lowest BCUT2D eigenvalue weighted by Gasteiger charge is -2.37. The van der Waals surface area contributed by atoms with Crippen molar-refractivity contribution >= 4 is 23.2 Å². The highest BCUT2D eigenvalue weighted by Crippen LogP contribution is 2.34. The molecule has 5 rings (SSSR count). The van der Waals surface area contributed by atoms with Crippen LogP contribution in [0.3, 0.4) is 0 Å². The summed E-state index contributed by atoms with van der Waals surface area (Å²) in [5.41, 5.74) is 2.59. The first-order chi connectivity index (χ1) is 13.7. The normalized spacial score (nSPS) is 20.9. The van der Waals surface area contributed by atoms with Gasteiger partial charge in [0.2, 0.25) is 5.91 Å². The van der Waals surface area contributed by atoms with Crippen LogP contribution in [0.1, 0.15) is 27.8 Å². The Kier molecular flexibility index (Phi) is 4.24. The zero-order valence-electron chi connectivity index (χ0n) is 15.3. The lowest BCUT2D eigenvalue weighted by Crippen LogP contribution is -2.50. The van der Waals surface area contributed by atoms with Gasteiger partial charge in [-0.1, -0.05) is 6.07 Å². The Morgan fingerprint density at radius 1 is 1.14 bits per heavy atom. The first-order valence-corrected chi connectivity index (χ1v) is 10.3. The van der Waals surface area contributed by atoms with Crippen molar-refractivity contribution < 1.29 is 9.59 Å². The van der Waals surface area contributed by atoms with Crippen LogP contribution >= 0.6 is 11.3 Å². The van der Waals surface area contributed by atoms with Crippen LogP contribution in [0.4, 0.5) is 0 Å². The number of fused-ring (bicyclic) bond motifs is 3. The standard InChI is InChI=1S/C21H20N4O2S/c26-20(10-15-6-9-28-14-15)23-12-18-19(13-23)25(11-16-4-1-2-7-22-16)21(27)17-5-3-8-24(17)18/h1-9,14,18-19H,10-13H2/t18-,19-/m0/s1. The Labute approximate surface area is 167 Å². The Morgan fingerprint density at radius 3 is 2.82 bits per heavy atom. The fraction of sp³-hybridized carbons (Fsp3) is 0.286. The summed E-state index contributed by atoms with van der Waals surface area (Å²) in [5, 5.41) is 4.01.